The quantitative estimate of drug-likeness (QED) is 0.114. The summed E-state index contributed by atoms with van der Waals surface area (Å²) in [6.45, 7) is 6.73. The fourth-order valence-corrected chi connectivity index (χ4v) is 4.65. The fourth-order valence-electron chi connectivity index (χ4n) is 4.65. The van der Waals surface area contributed by atoms with Crippen molar-refractivity contribution in [2.75, 3.05) is 20.0 Å². The van der Waals surface area contributed by atoms with E-state index in [1.54, 1.807) is 36.4 Å². The smallest absolute Gasteiger partial charge is 0.461 e. The van der Waals surface area contributed by atoms with Gasteiger partial charge in [0.25, 0.3) is 0 Å². The lowest BCUT2D eigenvalue weighted by molar-refractivity contribution is -0.148. The molecule has 0 amide bonds. The van der Waals surface area contributed by atoms with E-state index in [0.29, 0.717) is 24.0 Å². The SMILES string of the molecule is CCc1ccc(C(O)COC(=O)OCOC(=O)c2cccc(-c3ccc(C(O)COC(=O)C(N)CC(C)C)cc3CC)c2)cc1. The van der Waals surface area contributed by atoms with E-state index in [1.165, 1.54) is 0 Å². The van der Waals surface area contributed by atoms with Gasteiger partial charge in [0.15, 0.2) is 0 Å². The highest BCUT2D eigenvalue weighted by molar-refractivity contribution is 5.91. The second-order valence-corrected chi connectivity index (χ2v) is 11.1. The molecule has 0 aliphatic heterocycles. The van der Waals surface area contributed by atoms with Crippen molar-refractivity contribution in [2.24, 2.45) is 11.7 Å². The van der Waals surface area contributed by atoms with Crippen molar-refractivity contribution in [3.63, 3.8) is 0 Å². The molecular formula is C35H43NO9. The molecular weight excluding hydrogens is 578 g/mol. The van der Waals surface area contributed by atoms with Crippen LogP contribution in [0.25, 0.3) is 11.1 Å². The minimum Gasteiger partial charge on any atom is -0.461 e. The van der Waals surface area contributed by atoms with Crippen LogP contribution < -0.4 is 5.73 Å². The molecule has 0 saturated heterocycles. The number of carbonyl (C=O) groups is 3. The number of hydrogen-bond donors (Lipinski definition) is 3. The molecule has 3 rings (SSSR count). The third kappa shape index (κ3) is 10.7. The van der Waals surface area contributed by atoms with Gasteiger partial charge in [0.1, 0.15) is 31.5 Å². The van der Waals surface area contributed by atoms with Crippen LogP contribution in [0, 0.1) is 5.92 Å². The zero-order valence-corrected chi connectivity index (χ0v) is 26.2. The molecule has 10 nitrogen and oxygen atoms in total. The van der Waals surface area contributed by atoms with E-state index in [9.17, 15) is 24.6 Å². The first-order valence-corrected chi connectivity index (χ1v) is 15.1. The van der Waals surface area contributed by atoms with Crippen LogP contribution in [0.1, 0.15) is 78.9 Å². The first-order chi connectivity index (χ1) is 21.5. The molecule has 0 aromatic heterocycles. The Labute approximate surface area is 264 Å². The Bertz CT molecular complexity index is 1420. The van der Waals surface area contributed by atoms with Gasteiger partial charge in [-0.1, -0.05) is 82.3 Å². The minimum atomic E-state index is -1.08. The average molecular weight is 622 g/mol. The van der Waals surface area contributed by atoms with Crippen LogP contribution in [-0.4, -0.2) is 54.4 Å². The molecule has 3 atom stereocenters. The molecule has 0 spiro atoms. The first-order valence-electron chi connectivity index (χ1n) is 15.1. The summed E-state index contributed by atoms with van der Waals surface area (Å²) < 4.78 is 20.1. The Kier molecular flexibility index (Phi) is 13.5. The van der Waals surface area contributed by atoms with E-state index in [4.69, 9.17) is 24.7 Å². The largest absolute Gasteiger partial charge is 0.511 e. The monoisotopic (exact) mass is 621 g/mol. The summed E-state index contributed by atoms with van der Waals surface area (Å²) in [5.41, 5.74) is 10.9. The maximum absolute atomic E-state index is 12.7. The van der Waals surface area contributed by atoms with Crippen LogP contribution in [0.5, 0.6) is 0 Å². The number of rotatable bonds is 15. The molecule has 4 N–H and O–H groups in total. The van der Waals surface area contributed by atoms with Gasteiger partial charge in [0.05, 0.1) is 5.56 Å². The molecule has 0 aliphatic rings. The third-order valence-corrected chi connectivity index (χ3v) is 7.21. The Hall–Kier alpha value is -4.25. The highest BCUT2D eigenvalue weighted by Gasteiger charge is 2.20. The maximum atomic E-state index is 12.7. The molecule has 0 heterocycles. The Morgan fingerprint density at radius 2 is 1.44 bits per heavy atom. The predicted octanol–water partition coefficient (Wildman–Crippen LogP) is 5.43. The van der Waals surface area contributed by atoms with E-state index in [-0.39, 0.29) is 24.7 Å². The highest BCUT2D eigenvalue weighted by atomic mass is 16.8. The number of carbonyl (C=O) groups excluding carboxylic acids is 3. The van der Waals surface area contributed by atoms with Crippen LogP contribution in [-0.2, 0) is 36.6 Å². The summed E-state index contributed by atoms with van der Waals surface area (Å²) in [5.74, 6) is -1.01. The summed E-state index contributed by atoms with van der Waals surface area (Å²) in [6.07, 6.45) is -1.12. The van der Waals surface area contributed by atoms with Gasteiger partial charge in [-0.25, -0.2) is 9.59 Å². The second-order valence-electron chi connectivity index (χ2n) is 11.1. The summed E-state index contributed by atoms with van der Waals surface area (Å²) in [4.78, 5) is 36.7. The number of hydrogen-bond acceptors (Lipinski definition) is 10. The number of ether oxygens (including phenoxy) is 4. The van der Waals surface area contributed by atoms with Crippen LogP contribution in [0.15, 0.2) is 66.7 Å². The van der Waals surface area contributed by atoms with Crippen molar-refractivity contribution in [2.45, 2.75) is 65.2 Å². The molecule has 3 unspecified atom stereocenters. The number of esters is 2. The average Bonchev–Trinajstić information content (AvgIpc) is 3.05. The molecule has 0 aliphatic carbocycles. The Balaban J connectivity index is 1.53. The molecule has 0 bridgehead atoms. The normalized spacial score (nSPS) is 13.1. The Morgan fingerprint density at radius 3 is 2.11 bits per heavy atom. The van der Waals surface area contributed by atoms with Gasteiger partial charge < -0.3 is 34.9 Å². The molecule has 0 radical (unpaired) electrons. The number of aryl methyl sites for hydroxylation is 2. The van der Waals surface area contributed by atoms with E-state index >= 15 is 0 Å². The summed E-state index contributed by atoms with van der Waals surface area (Å²) in [7, 11) is 0. The maximum Gasteiger partial charge on any atom is 0.511 e. The van der Waals surface area contributed by atoms with Crippen molar-refractivity contribution in [1.29, 1.82) is 0 Å². The molecule has 0 saturated carbocycles. The lowest BCUT2D eigenvalue weighted by Crippen LogP contribution is -2.34. The van der Waals surface area contributed by atoms with Crippen LogP contribution in [0.4, 0.5) is 4.79 Å². The molecule has 45 heavy (non-hydrogen) atoms. The molecule has 0 fully saturated rings. The predicted molar refractivity (Wildman–Crippen MR) is 168 cm³/mol. The lowest BCUT2D eigenvalue weighted by atomic mass is 9.93. The summed E-state index contributed by atoms with van der Waals surface area (Å²) in [6, 6.07) is 18.8. The standard InChI is InChI=1S/C35H43NO9/c1-5-23-10-12-25(13-11-23)31(37)20-43-35(41)45-21-44-33(39)28-9-7-8-26(18-28)29-15-14-27(17-24(29)6-2)32(38)19-42-34(40)30(36)16-22(3)4/h7-15,17-18,22,30-32,37-38H,5-6,16,19-21,36H2,1-4H3. The van der Waals surface area contributed by atoms with E-state index in [2.05, 4.69) is 0 Å². The van der Waals surface area contributed by atoms with Crippen molar-refractivity contribution >= 4 is 18.1 Å². The van der Waals surface area contributed by atoms with Crippen molar-refractivity contribution in [3.05, 3.63) is 94.5 Å². The van der Waals surface area contributed by atoms with Gasteiger partial charge in [0, 0.05) is 0 Å². The molecule has 10 heteroatoms. The van der Waals surface area contributed by atoms with Crippen molar-refractivity contribution in [3.8, 4) is 11.1 Å². The molecule has 3 aromatic carbocycles. The van der Waals surface area contributed by atoms with Gasteiger partial charge >= 0.3 is 18.1 Å². The van der Waals surface area contributed by atoms with Crippen molar-refractivity contribution in [1.82, 2.24) is 0 Å². The number of aliphatic hydroxyl groups is 2. The second kappa shape index (κ2) is 17.3. The van der Waals surface area contributed by atoms with Gasteiger partial charge in [-0.2, -0.15) is 0 Å². The zero-order chi connectivity index (χ0) is 32.9. The van der Waals surface area contributed by atoms with E-state index in [1.807, 2.05) is 58.0 Å². The van der Waals surface area contributed by atoms with E-state index < -0.39 is 43.1 Å². The summed E-state index contributed by atoms with van der Waals surface area (Å²) >= 11 is 0. The third-order valence-electron chi connectivity index (χ3n) is 7.21. The zero-order valence-electron chi connectivity index (χ0n) is 26.2. The number of benzene rings is 3. The van der Waals surface area contributed by atoms with E-state index in [0.717, 1.165) is 28.7 Å². The van der Waals surface area contributed by atoms with Crippen molar-refractivity contribution < 1.29 is 43.5 Å². The van der Waals surface area contributed by atoms with Gasteiger partial charge in [-0.3, -0.25) is 4.79 Å². The van der Waals surface area contributed by atoms with Crippen LogP contribution in [0.2, 0.25) is 0 Å². The number of nitrogens with two attached hydrogens (primary N) is 1. The molecule has 3 aromatic rings. The van der Waals surface area contributed by atoms with Crippen LogP contribution in [0.3, 0.4) is 0 Å². The van der Waals surface area contributed by atoms with Gasteiger partial charge in [0.2, 0.25) is 6.79 Å². The topological polar surface area (TPSA) is 155 Å². The van der Waals surface area contributed by atoms with Gasteiger partial charge in [-0.15, -0.1) is 0 Å². The lowest BCUT2D eigenvalue weighted by Gasteiger charge is -2.17. The Morgan fingerprint density at radius 1 is 0.778 bits per heavy atom. The van der Waals surface area contributed by atoms with Crippen LogP contribution >= 0.6 is 0 Å². The van der Waals surface area contributed by atoms with Gasteiger partial charge in [-0.05, 0) is 70.7 Å². The first kappa shape index (κ1) is 35.2. The number of aliphatic hydroxyl groups excluding tert-OH is 2. The molecule has 242 valence electrons. The summed E-state index contributed by atoms with van der Waals surface area (Å²) in [5, 5.41) is 20.9. The fraction of sp³-hybridized carbons (Fsp3) is 0.400. The highest BCUT2D eigenvalue weighted by Crippen LogP contribution is 2.28. The minimum absolute atomic E-state index is 0.211.